The Balaban J connectivity index is 2.00. The van der Waals surface area contributed by atoms with E-state index in [2.05, 4.69) is 10.3 Å². The average Bonchev–Trinajstić information content (AvgIpc) is 2.91. The molecule has 2 amide bonds. The first kappa shape index (κ1) is 14.7. The number of benzene rings is 1. The number of nitrogens with one attached hydrogen (secondary N) is 1. The van der Waals surface area contributed by atoms with Crippen LogP contribution in [-0.4, -0.2) is 27.4 Å². The van der Waals surface area contributed by atoms with Crippen molar-refractivity contribution in [2.75, 3.05) is 5.32 Å². The number of primary amides is 1. The summed E-state index contributed by atoms with van der Waals surface area (Å²) < 4.78 is 1.92. The minimum Gasteiger partial charge on any atom is -0.370 e. The van der Waals surface area contributed by atoms with Crippen LogP contribution in [0, 0.1) is 0 Å². The summed E-state index contributed by atoms with van der Waals surface area (Å²) in [5.41, 5.74) is 12.2. The predicted octanol–water partition coefficient (Wildman–Crippen LogP) is 0.0726. The number of rotatable bonds is 6. The quantitative estimate of drug-likeness (QED) is 0.697. The van der Waals surface area contributed by atoms with E-state index in [1.165, 1.54) is 0 Å². The summed E-state index contributed by atoms with van der Waals surface area (Å²) >= 11 is 0. The van der Waals surface area contributed by atoms with Crippen molar-refractivity contribution < 1.29 is 9.59 Å². The molecule has 0 spiro atoms. The van der Waals surface area contributed by atoms with Gasteiger partial charge in [0.25, 0.3) is 0 Å². The Kier molecular flexibility index (Phi) is 4.68. The van der Waals surface area contributed by atoms with Crippen molar-refractivity contribution in [3.63, 3.8) is 0 Å². The molecule has 7 nitrogen and oxygen atoms in total. The molecule has 0 aliphatic heterocycles. The number of hydrogen-bond acceptors (Lipinski definition) is 4. The minimum atomic E-state index is -0.945. The van der Waals surface area contributed by atoms with E-state index < -0.39 is 17.9 Å². The van der Waals surface area contributed by atoms with Crippen molar-refractivity contribution >= 4 is 17.5 Å². The third kappa shape index (κ3) is 4.43. The number of hydrogen-bond donors (Lipinski definition) is 3. The molecule has 0 aliphatic rings. The molecular weight excluding hydrogens is 270 g/mol. The highest BCUT2D eigenvalue weighted by atomic mass is 16.2. The van der Waals surface area contributed by atoms with E-state index in [1.807, 2.05) is 29.0 Å². The zero-order valence-corrected chi connectivity index (χ0v) is 11.4. The largest absolute Gasteiger partial charge is 0.370 e. The third-order valence-corrected chi connectivity index (χ3v) is 2.88. The first-order valence-corrected chi connectivity index (χ1v) is 6.44. The van der Waals surface area contributed by atoms with Gasteiger partial charge >= 0.3 is 0 Å². The summed E-state index contributed by atoms with van der Waals surface area (Å²) in [7, 11) is 0. The van der Waals surface area contributed by atoms with Crippen molar-refractivity contribution in [1.82, 2.24) is 9.55 Å². The van der Waals surface area contributed by atoms with Gasteiger partial charge in [-0.15, -0.1) is 0 Å². The molecule has 1 atom stereocenters. The van der Waals surface area contributed by atoms with Gasteiger partial charge in [0, 0.05) is 24.6 Å². The van der Waals surface area contributed by atoms with Crippen LogP contribution in [0.5, 0.6) is 0 Å². The Morgan fingerprint density at radius 3 is 2.86 bits per heavy atom. The summed E-state index contributed by atoms with van der Waals surface area (Å²) in [4.78, 5) is 26.5. The van der Waals surface area contributed by atoms with Crippen LogP contribution < -0.4 is 16.8 Å². The van der Waals surface area contributed by atoms with E-state index in [-0.39, 0.29) is 6.42 Å². The standard InChI is InChI=1S/C14H17N5O2/c15-12(7-13(16)20)14(21)18-11-3-1-2-10(6-11)8-19-5-4-17-9-19/h1-6,9,12H,7-8,15H2,(H2,16,20)(H,18,21). The number of aromatic nitrogens is 2. The number of carbonyl (C=O) groups excluding carboxylic acids is 2. The maximum absolute atomic E-state index is 11.8. The van der Waals surface area contributed by atoms with Crippen LogP contribution in [-0.2, 0) is 16.1 Å². The van der Waals surface area contributed by atoms with Crippen LogP contribution in [0.4, 0.5) is 5.69 Å². The lowest BCUT2D eigenvalue weighted by Gasteiger charge is -2.11. The second-order valence-corrected chi connectivity index (χ2v) is 4.70. The van der Waals surface area contributed by atoms with Crippen LogP contribution in [0.3, 0.4) is 0 Å². The van der Waals surface area contributed by atoms with Crippen LogP contribution in [0.2, 0.25) is 0 Å². The van der Waals surface area contributed by atoms with Crippen LogP contribution in [0.15, 0.2) is 43.0 Å². The molecule has 0 radical (unpaired) electrons. The van der Waals surface area contributed by atoms with E-state index in [4.69, 9.17) is 11.5 Å². The molecule has 0 saturated heterocycles. The van der Waals surface area contributed by atoms with Crippen LogP contribution in [0.25, 0.3) is 0 Å². The number of anilines is 1. The van der Waals surface area contributed by atoms with Gasteiger partial charge in [0.05, 0.1) is 18.8 Å². The van der Waals surface area contributed by atoms with Crippen LogP contribution >= 0.6 is 0 Å². The first-order chi connectivity index (χ1) is 10.0. The fraction of sp³-hybridized carbons (Fsp3) is 0.214. The summed E-state index contributed by atoms with van der Waals surface area (Å²) in [5, 5.41) is 2.67. The predicted molar refractivity (Wildman–Crippen MR) is 78.2 cm³/mol. The molecule has 0 fully saturated rings. The van der Waals surface area contributed by atoms with E-state index in [9.17, 15) is 9.59 Å². The Hall–Kier alpha value is -2.67. The smallest absolute Gasteiger partial charge is 0.241 e. The molecular formula is C14H17N5O2. The molecule has 5 N–H and O–H groups in total. The Labute approximate surface area is 122 Å². The van der Waals surface area contributed by atoms with E-state index in [1.54, 1.807) is 18.6 Å². The molecule has 0 saturated carbocycles. The summed E-state index contributed by atoms with van der Waals surface area (Å²) in [6.45, 7) is 0.650. The van der Waals surface area contributed by atoms with Crippen molar-refractivity contribution in [3.8, 4) is 0 Å². The Morgan fingerprint density at radius 2 is 2.19 bits per heavy atom. The van der Waals surface area contributed by atoms with Crippen molar-refractivity contribution in [1.29, 1.82) is 0 Å². The molecule has 1 aromatic heterocycles. The lowest BCUT2D eigenvalue weighted by Crippen LogP contribution is -2.39. The SMILES string of the molecule is NC(=O)CC(N)C(=O)Nc1cccc(Cn2ccnc2)c1. The lowest BCUT2D eigenvalue weighted by atomic mass is 10.1. The van der Waals surface area contributed by atoms with Gasteiger partial charge in [-0.25, -0.2) is 4.98 Å². The van der Waals surface area contributed by atoms with Gasteiger partial charge in [-0.05, 0) is 17.7 Å². The van der Waals surface area contributed by atoms with Gasteiger partial charge in [0.2, 0.25) is 11.8 Å². The van der Waals surface area contributed by atoms with Gasteiger partial charge in [0.1, 0.15) is 0 Å². The maximum atomic E-state index is 11.8. The number of amides is 2. The fourth-order valence-corrected chi connectivity index (χ4v) is 1.88. The lowest BCUT2D eigenvalue weighted by molar-refractivity contribution is -0.123. The zero-order valence-electron chi connectivity index (χ0n) is 11.4. The Morgan fingerprint density at radius 1 is 1.38 bits per heavy atom. The molecule has 0 bridgehead atoms. The molecule has 1 unspecified atom stereocenters. The molecule has 21 heavy (non-hydrogen) atoms. The second kappa shape index (κ2) is 6.67. The van der Waals surface area contributed by atoms with Gasteiger partial charge in [-0.1, -0.05) is 12.1 Å². The molecule has 1 aromatic carbocycles. The molecule has 0 aliphatic carbocycles. The van der Waals surface area contributed by atoms with E-state index in [0.29, 0.717) is 12.2 Å². The van der Waals surface area contributed by atoms with Crippen LogP contribution in [0.1, 0.15) is 12.0 Å². The summed E-state index contributed by atoms with van der Waals surface area (Å²) in [5.74, 6) is -1.04. The number of carbonyl (C=O) groups is 2. The number of nitrogens with two attached hydrogens (primary N) is 2. The van der Waals surface area contributed by atoms with Gasteiger partial charge in [0.15, 0.2) is 0 Å². The highest BCUT2D eigenvalue weighted by Gasteiger charge is 2.16. The fourth-order valence-electron chi connectivity index (χ4n) is 1.88. The van der Waals surface area contributed by atoms with Gasteiger partial charge in [-0.3, -0.25) is 9.59 Å². The minimum absolute atomic E-state index is 0.180. The average molecular weight is 287 g/mol. The van der Waals surface area contributed by atoms with Crippen molar-refractivity contribution in [3.05, 3.63) is 48.5 Å². The molecule has 2 aromatic rings. The normalized spacial score (nSPS) is 11.9. The van der Waals surface area contributed by atoms with Crippen molar-refractivity contribution in [2.24, 2.45) is 11.5 Å². The number of nitrogens with zero attached hydrogens (tertiary/aromatic N) is 2. The summed E-state index contributed by atoms with van der Waals surface area (Å²) in [6.07, 6.45) is 5.09. The van der Waals surface area contributed by atoms with Crippen molar-refractivity contribution in [2.45, 2.75) is 19.0 Å². The summed E-state index contributed by atoms with van der Waals surface area (Å²) in [6, 6.07) is 6.43. The highest BCUT2D eigenvalue weighted by molar-refractivity contribution is 5.97. The maximum Gasteiger partial charge on any atom is 0.241 e. The Bertz CT molecular complexity index is 624. The first-order valence-electron chi connectivity index (χ1n) is 6.44. The number of imidazole rings is 1. The van der Waals surface area contributed by atoms with E-state index in [0.717, 1.165) is 5.56 Å². The molecule has 7 heteroatoms. The van der Waals surface area contributed by atoms with Gasteiger partial charge in [-0.2, -0.15) is 0 Å². The monoisotopic (exact) mass is 287 g/mol. The molecule has 1 heterocycles. The zero-order chi connectivity index (χ0) is 15.2. The highest BCUT2D eigenvalue weighted by Crippen LogP contribution is 2.12. The third-order valence-electron chi connectivity index (χ3n) is 2.88. The van der Waals surface area contributed by atoms with Gasteiger partial charge < -0.3 is 21.4 Å². The topological polar surface area (TPSA) is 116 Å². The van der Waals surface area contributed by atoms with E-state index >= 15 is 0 Å². The molecule has 2 rings (SSSR count). The molecule has 110 valence electrons. The second-order valence-electron chi connectivity index (χ2n) is 4.70.